The highest BCUT2D eigenvalue weighted by Crippen LogP contribution is 2.50. The molecule has 2 aromatic carbocycles. The normalized spacial score (nSPS) is 24.7. The first-order valence-electron chi connectivity index (χ1n) is 8.22. The molecule has 0 saturated heterocycles. The number of nitrogens with one attached hydrogen (secondary N) is 1. The highest BCUT2D eigenvalue weighted by atomic mass is 19.1. The predicted octanol–water partition coefficient (Wildman–Crippen LogP) is 5.05. The van der Waals surface area contributed by atoms with E-state index in [1.165, 1.54) is 5.56 Å². The van der Waals surface area contributed by atoms with Crippen LogP contribution in [-0.4, -0.2) is 6.61 Å². The molecular weight excluding hydrogens is 289 g/mol. The zero-order chi connectivity index (χ0) is 15.8. The lowest BCUT2D eigenvalue weighted by Crippen LogP contribution is -2.29. The van der Waals surface area contributed by atoms with Gasteiger partial charge in [-0.05, 0) is 49.1 Å². The van der Waals surface area contributed by atoms with Crippen LogP contribution in [0.3, 0.4) is 0 Å². The van der Waals surface area contributed by atoms with E-state index in [2.05, 4.69) is 29.6 Å². The van der Waals surface area contributed by atoms with Crippen molar-refractivity contribution in [2.24, 2.45) is 5.92 Å². The maximum absolute atomic E-state index is 14.3. The van der Waals surface area contributed by atoms with E-state index in [0.29, 0.717) is 18.4 Å². The molecule has 23 heavy (non-hydrogen) atoms. The first-order valence-corrected chi connectivity index (χ1v) is 8.22. The first-order chi connectivity index (χ1) is 11.3. The molecule has 4 rings (SSSR count). The van der Waals surface area contributed by atoms with Crippen LogP contribution >= 0.6 is 0 Å². The Morgan fingerprint density at radius 1 is 1.17 bits per heavy atom. The average molecular weight is 309 g/mol. The zero-order valence-corrected chi connectivity index (χ0v) is 13.1. The number of hydrogen-bond donors (Lipinski definition) is 1. The van der Waals surface area contributed by atoms with Gasteiger partial charge in [0.1, 0.15) is 11.6 Å². The van der Waals surface area contributed by atoms with Crippen LogP contribution in [0.25, 0.3) is 0 Å². The molecule has 1 heterocycles. The topological polar surface area (TPSA) is 21.3 Å². The highest BCUT2D eigenvalue weighted by molar-refractivity contribution is 5.61. The second kappa shape index (κ2) is 5.73. The van der Waals surface area contributed by atoms with Gasteiger partial charge in [-0.1, -0.05) is 30.4 Å². The number of fused-ring (bicyclic) bond motifs is 3. The summed E-state index contributed by atoms with van der Waals surface area (Å²) < 4.78 is 19.9. The van der Waals surface area contributed by atoms with Crippen molar-refractivity contribution < 1.29 is 9.13 Å². The average Bonchev–Trinajstić information content (AvgIpc) is 3.05. The van der Waals surface area contributed by atoms with Gasteiger partial charge < -0.3 is 10.1 Å². The molecule has 1 aliphatic heterocycles. The van der Waals surface area contributed by atoms with E-state index in [4.69, 9.17) is 4.74 Å². The van der Waals surface area contributed by atoms with Crippen LogP contribution in [0, 0.1) is 11.7 Å². The predicted molar refractivity (Wildman–Crippen MR) is 90.4 cm³/mol. The SMILES string of the molecule is CCOc1ccc2c(c1)C1C=CCC1[C@@H](c1ccccc1F)N2. The van der Waals surface area contributed by atoms with Crippen LogP contribution < -0.4 is 10.1 Å². The maximum Gasteiger partial charge on any atom is 0.128 e. The molecule has 1 N–H and O–H groups in total. The van der Waals surface area contributed by atoms with Crippen molar-refractivity contribution >= 4 is 5.69 Å². The molecule has 0 aromatic heterocycles. The number of halogens is 1. The molecule has 0 saturated carbocycles. The standard InChI is InChI=1S/C20H20FNO/c1-2-23-13-10-11-19-17(12-13)14-7-5-8-15(14)20(22-19)16-6-3-4-9-18(16)21/h3-7,9-12,14-15,20,22H,2,8H2,1H3/t14?,15?,20-/m0/s1. The minimum atomic E-state index is -0.134. The molecule has 0 fully saturated rings. The largest absolute Gasteiger partial charge is 0.494 e. The van der Waals surface area contributed by atoms with E-state index in [1.54, 1.807) is 12.1 Å². The van der Waals surface area contributed by atoms with Crippen LogP contribution in [0.2, 0.25) is 0 Å². The molecule has 0 amide bonds. The fraction of sp³-hybridized carbons (Fsp3) is 0.300. The summed E-state index contributed by atoms with van der Waals surface area (Å²) in [6, 6.07) is 13.2. The summed E-state index contributed by atoms with van der Waals surface area (Å²) in [4.78, 5) is 0. The quantitative estimate of drug-likeness (QED) is 0.801. The highest BCUT2D eigenvalue weighted by Gasteiger charge is 2.38. The Bertz CT molecular complexity index is 755. The van der Waals surface area contributed by atoms with Gasteiger partial charge in [-0.25, -0.2) is 4.39 Å². The van der Waals surface area contributed by atoms with Crippen molar-refractivity contribution in [2.45, 2.75) is 25.3 Å². The Labute approximate surface area is 136 Å². The number of ether oxygens (including phenoxy) is 1. The van der Waals surface area contributed by atoms with E-state index < -0.39 is 0 Å². The fourth-order valence-corrected chi connectivity index (χ4v) is 3.86. The summed E-state index contributed by atoms with van der Waals surface area (Å²) >= 11 is 0. The van der Waals surface area contributed by atoms with Gasteiger partial charge in [-0.2, -0.15) is 0 Å². The molecule has 3 atom stereocenters. The second-order valence-corrected chi connectivity index (χ2v) is 6.18. The third kappa shape index (κ3) is 2.40. The zero-order valence-electron chi connectivity index (χ0n) is 13.1. The summed E-state index contributed by atoms with van der Waals surface area (Å²) in [6.45, 7) is 2.65. The smallest absolute Gasteiger partial charge is 0.128 e. The molecule has 3 heteroatoms. The van der Waals surface area contributed by atoms with Crippen molar-refractivity contribution in [3.63, 3.8) is 0 Å². The number of allylic oxidation sites excluding steroid dienone is 2. The van der Waals surface area contributed by atoms with Crippen LogP contribution in [0.15, 0.2) is 54.6 Å². The second-order valence-electron chi connectivity index (χ2n) is 6.18. The Kier molecular flexibility index (Phi) is 3.56. The summed E-state index contributed by atoms with van der Waals surface area (Å²) in [6.07, 6.45) is 5.44. The molecule has 1 aliphatic carbocycles. The minimum Gasteiger partial charge on any atom is -0.494 e. The van der Waals surface area contributed by atoms with Crippen molar-refractivity contribution in [3.8, 4) is 5.75 Å². The van der Waals surface area contributed by atoms with Gasteiger partial charge in [0.2, 0.25) is 0 Å². The summed E-state index contributed by atoms with van der Waals surface area (Å²) in [5.41, 5.74) is 3.09. The Hall–Kier alpha value is -2.29. The van der Waals surface area contributed by atoms with E-state index in [-0.39, 0.29) is 11.9 Å². The number of rotatable bonds is 3. The molecular formula is C20H20FNO. The molecule has 2 nitrogen and oxygen atoms in total. The lowest BCUT2D eigenvalue weighted by Gasteiger charge is -2.37. The van der Waals surface area contributed by atoms with E-state index in [1.807, 2.05) is 25.1 Å². The fourth-order valence-electron chi connectivity index (χ4n) is 3.86. The lowest BCUT2D eigenvalue weighted by molar-refractivity contribution is 0.338. The van der Waals surface area contributed by atoms with Gasteiger partial charge >= 0.3 is 0 Å². The number of benzene rings is 2. The first kappa shape index (κ1) is 14.3. The van der Waals surface area contributed by atoms with Crippen molar-refractivity contribution in [2.75, 3.05) is 11.9 Å². The summed E-state index contributed by atoms with van der Waals surface area (Å²) in [5.74, 6) is 1.43. The van der Waals surface area contributed by atoms with Crippen LogP contribution in [-0.2, 0) is 0 Å². The number of hydrogen-bond acceptors (Lipinski definition) is 2. The van der Waals surface area contributed by atoms with Crippen molar-refractivity contribution in [3.05, 3.63) is 71.6 Å². The third-order valence-corrected chi connectivity index (χ3v) is 4.89. The third-order valence-electron chi connectivity index (χ3n) is 4.89. The lowest BCUT2D eigenvalue weighted by atomic mass is 9.77. The molecule has 0 spiro atoms. The molecule has 0 bridgehead atoms. The van der Waals surface area contributed by atoms with Gasteiger partial charge in [-0.15, -0.1) is 0 Å². The van der Waals surface area contributed by atoms with Crippen LogP contribution in [0.5, 0.6) is 5.75 Å². The van der Waals surface area contributed by atoms with Crippen LogP contribution in [0.1, 0.15) is 36.4 Å². The van der Waals surface area contributed by atoms with Gasteiger partial charge in [0, 0.05) is 17.2 Å². The van der Waals surface area contributed by atoms with E-state index >= 15 is 0 Å². The van der Waals surface area contributed by atoms with Gasteiger partial charge in [0.05, 0.1) is 12.6 Å². The number of anilines is 1. The summed E-state index contributed by atoms with van der Waals surface area (Å²) in [7, 11) is 0. The molecule has 2 aromatic rings. The van der Waals surface area contributed by atoms with Crippen molar-refractivity contribution in [1.82, 2.24) is 0 Å². The Morgan fingerprint density at radius 3 is 2.87 bits per heavy atom. The van der Waals surface area contributed by atoms with Gasteiger partial charge in [-0.3, -0.25) is 0 Å². The van der Waals surface area contributed by atoms with Gasteiger partial charge in [0.15, 0.2) is 0 Å². The summed E-state index contributed by atoms with van der Waals surface area (Å²) in [5, 5.41) is 3.56. The molecule has 0 radical (unpaired) electrons. The molecule has 118 valence electrons. The molecule has 2 aliphatic rings. The monoisotopic (exact) mass is 309 g/mol. The van der Waals surface area contributed by atoms with E-state index in [9.17, 15) is 4.39 Å². The Morgan fingerprint density at radius 2 is 2.04 bits per heavy atom. The van der Waals surface area contributed by atoms with Crippen LogP contribution in [0.4, 0.5) is 10.1 Å². The van der Waals surface area contributed by atoms with E-state index in [0.717, 1.165) is 23.4 Å². The minimum absolute atomic E-state index is 0.00152. The van der Waals surface area contributed by atoms with Crippen molar-refractivity contribution in [1.29, 1.82) is 0 Å². The molecule has 2 unspecified atom stereocenters. The Balaban J connectivity index is 1.76. The van der Waals surface area contributed by atoms with Gasteiger partial charge in [0.25, 0.3) is 0 Å². The maximum atomic E-state index is 14.3.